The number of piperidine rings is 2. The van der Waals surface area contributed by atoms with Gasteiger partial charge in [-0.05, 0) is 68.3 Å². The first-order valence-electron chi connectivity index (χ1n) is 11.7. The number of hydrogen-bond acceptors (Lipinski definition) is 5. The largest absolute Gasteiger partial charge is 0.492 e. The summed E-state index contributed by atoms with van der Waals surface area (Å²) in [5.41, 5.74) is 1.52. The minimum Gasteiger partial charge on any atom is -0.492 e. The molecule has 3 aliphatic heterocycles. The Kier molecular flexibility index (Phi) is 5.69. The van der Waals surface area contributed by atoms with Crippen LogP contribution in [0.1, 0.15) is 68.7 Å². The number of nitrogens with zero attached hydrogens (tertiary/aromatic N) is 2. The standard InChI is InChI=1S/C24H31N3O4.H2/c28-22-10-9-21(23(29)25-22)27-14-17-12-19(7-8-20(17)24(27)30)31-15-18-6-1-2-11-26(18)13-16-4-3-5-16;/h7-8,12,16,18,21H,1-6,9-11,13-15H2,(H,25,28,29);1H. The molecule has 5 rings (SSSR count). The molecule has 0 radical (unpaired) electrons. The molecular weight excluding hydrogens is 394 g/mol. The van der Waals surface area contributed by atoms with Crippen molar-refractivity contribution in [3.05, 3.63) is 29.3 Å². The minimum atomic E-state index is -0.579. The van der Waals surface area contributed by atoms with E-state index in [0.717, 1.165) is 17.2 Å². The number of rotatable bonds is 6. The Labute approximate surface area is 184 Å². The van der Waals surface area contributed by atoms with Crippen LogP contribution in [0.15, 0.2) is 18.2 Å². The molecule has 3 fully saturated rings. The van der Waals surface area contributed by atoms with Crippen LogP contribution in [0.25, 0.3) is 0 Å². The van der Waals surface area contributed by atoms with Crippen molar-refractivity contribution >= 4 is 17.7 Å². The third-order valence-corrected chi connectivity index (χ3v) is 7.40. The molecular formula is C24H33N3O4. The van der Waals surface area contributed by atoms with Gasteiger partial charge in [-0.1, -0.05) is 12.8 Å². The van der Waals surface area contributed by atoms with E-state index in [2.05, 4.69) is 10.2 Å². The minimum absolute atomic E-state index is 0. The van der Waals surface area contributed by atoms with Gasteiger partial charge in [-0.2, -0.15) is 0 Å². The fraction of sp³-hybridized carbons (Fsp3) is 0.625. The zero-order chi connectivity index (χ0) is 21.4. The molecule has 3 amide bonds. The molecule has 4 aliphatic rings. The first kappa shape index (κ1) is 20.5. The van der Waals surface area contributed by atoms with Gasteiger partial charge in [0.1, 0.15) is 18.4 Å². The molecule has 1 aromatic rings. The number of carbonyl (C=O) groups is 3. The van der Waals surface area contributed by atoms with Gasteiger partial charge in [0.05, 0.1) is 0 Å². The summed E-state index contributed by atoms with van der Waals surface area (Å²) < 4.78 is 6.19. The van der Waals surface area contributed by atoms with Crippen LogP contribution in [0.5, 0.6) is 5.75 Å². The van der Waals surface area contributed by atoms with Crippen LogP contribution in [-0.2, 0) is 16.1 Å². The second kappa shape index (κ2) is 8.61. The summed E-state index contributed by atoms with van der Waals surface area (Å²) in [6.45, 7) is 3.43. The molecule has 1 N–H and O–H groups in total. The van der Waals surface area contributed by atoms with Crippen molar-refractivity contribution in [3.8, 4) is 5.75 Å². The van der Waals surface area contributed by atoms with Gasteiger partial charge < -0.3 is 9.64 Å². The topological polar surface area (TPSA) is 79.0 Å². The van der Waals surface area contributed by atoms with Gasteiger partial charge in [-0.3, -0.25) is 24.6 Å². The van der Waals surface area contributed by atoms with E-state index >= 15 is 0 Å². The van der Waals surface area contributed by atoms with E-state index in [-0.39, 0.29) is 25.6 Å². The van der Waals surface area contributed by atoms with Crippen molar-refractivity contribution in [1.29, 1.82) is 0 Å². The van der Waals surface area contributed by atoms with Crippen molar-refractivity contribution in [2.45, 2.75) is 70.0 Å². The maximum absolute atomic E-state index is 12.8. The van der Waals surface area contributed by atoms with Crippen molar-refractivity contribution in [1.82, 2.24) is 15.1 Å². The van der Waals surface area contributed by atoms with E-state index in [9.17, 15) is 14.4 Å². The second-order valence-electron chi connectivity index (χ2n) is 9.47. The third kappa shape index (κ3) is 4.20. The van der Waals surface area contributed by atoms with E-state index in [0.29, 0.717) is 31.2 Å². The molecule has 7 nitrogen and oxygen atoms in total. The SMILES string of the molecule is O=C1CCC(N2Cc3cc(OCC4CCCCN4CC4CCC4)ccc3C2=O)C(=O)N1.[HH]. The lowest BCUT2D eigenvalue weighted by Gasteiger charge is -2.40. The molecule has 0 spiro atoms. The number of ether oxygens (including phenoxy) is 1. The molecule has 168 valence electrons. The number of carbonyl (C=O) groups excluding carboxylic acids is 3. The predicted molar refractivity (Wildman–Crippen MR) is 117 cm³/mol. The van der Waals surface area contributed by atoms with Crippen molar-refractivity contribution < 1.29 is 20.5 Å². The molecule has 0 bridgehead atoms. The lowest BCUT2D eigenvalue weighted by molar-refractivity contribution is -0.136. The van der Waals surface area contributed by atoms with Gasteiger partial charge in [-0.25, -0.2) is 0 Å². The van der Waals surface area contributed by atoms with Crippen molar-refractivity contribution in [3.63, 3.8) is 0 Å². The Morgan fingerprint density at radius 2 is 1.94 bits per heavy atom. The van der Waals surface area contributed by atoms with Gasteiger partial charge in [0.15, 0.2) is 0 Å². The average Bonchev–Trinajstić information content (AvgIpc) is 3.05. The highest BCUT2D eigenvalue weighted by Gasteiger charge is 2.39. The van der Waals surface area contributed by atoms with E-state index in [1.807, 2.05) is 18.2 Å². The summed E-state index contributed by atoms with van der Waals surface area (Å²) in [4.78, 5) is 40.7. The summed E-state index contributed by atoms with van der Waals surface area (Å²) >= 11 is 0. The fourth-order valence-corrected chi connectivity index (χ4v) is 5.33. The summed E-state index contributed by atoms with van der Waals surface area (Å²) in [6, 6.07) is 5.50. The first-order chi connectivity index (χ1) is 15.1. The normalized spacial score (nSPS) is 27.1. The molecule has 31 heavy (non-hydrogen) atoms. The molecule has 0 aromatic heterocycles. The van der Waals surface area contributed by atoms with Crippen molar-refractivity contribution in [2.75, 3.05) is 19.7 Å². The van der Waals surface area contributed by atoms with Crippen LogP contribution in [-0.4, -0.2) is 59.3 Å². The maximum Gasteiger partial charge on any atom is 0.255 e. The van der Waals surface area contributed by atoms with Crippen molar-refractivity contribution in [2.24, 2.45) is 5.92 Å². The number of fused-ring (bicyclic) bond motifs is 1. The molecule has 1 aliphatic carbocycles. The monoisotopic (exact) mass is 427 g/mol. The van der Waals surface area contributed by atoms with Crippen LogP contribution < -0.4 is 10.1 Å². The Morgan fingerprint density at radius 3 is 2.71 bits per heavy atom. The van der Waals surface area contributed by atoms with Gasteiger partial charge in [0, 0.05) is 32.5 Å². The highest BCUT2D eigenvalue weighted by molar-refractivity contribution is 6.05. The zero-order valence-corrected chi connectivity index (χ0v) is 18.0. The van der Waals surface area contributed by atoms with Gasteiger partial charge in [0.2, 0.25) is 11.8 Å². The van der Waals surface area contributed by atoms with Gasteiger partial charge in [0.25, 0.3) is 5.91 Å². The molecule has 7 heteroatoms. The molecule has 2 atom stereocenters. The Morgan fingerprint density at radius 1 is 1.06 bits per heavy atom. The van der Waals surface area contributed by atoms with E-state index in [1.54, 1.807) is 4.90 Å². The first-order valence-corrected chi connectivity index (χ1v) is 11.7. The van der Waals surface area contributed by atoms with Crippen LogP contribution >= 0.6 is 0 Å². The van der Waals surface area contributed by atoms with E-state index in [1.165, 1.54) is 51.6 Å². The lowest BCUT2D eigenvalue weighted by Crippen LogP contribution is -2.52. The molecule has 3 heterocycles. The number of amides is 3. The van der Waals surface area contributed by atoms with E-state index in [4.69, 9.17) is 4.74 Å². The summed E-state index contributed by atoms with van der Waals surface area (Å²) in [7, 11) is 0. The molecule has 1 aromatic carbocycles. The number of benzene rings is 1. The Hall–Kier alpha value is -2.41. The summed E-state index contributed by atoms with van der Waals surface area (Å²) in [5, 5.41) is 2.35. The molecule has 2 unspecified atom stereocenters. The number of hydrogen-bond donors (Lipinski definition) is 1. The molecule has 2 saturated heterocycles. The quantitative estimate of drug-likeness (QED) is 0.707. The third-order valence-electron chi connectivity index (χ3n) is 7.40. The second-order valence-corrected chi connectivity index (χ2v) is 9.47. The summed E-state index contributed by atoms with van der Waals surface area (Å²) in [6.07, 6.45) is 8.48. The number of imide groups is 1. The Bertz CT molecular complexity index is 888. The predicted octanol–water partition coefficient (Wildman–Crippen LogP) is 2.73. The van der Waals surface area contributed by atoms with Crippen LogP contribution in [0, 0.1) is 5.92 Å². The van der Waals surface area contributed by atoms with Gasteiger partial charge in [-0.15, -0.1) is 0 Å². The zero-order valence-electron chi connectivity index (χ0n) is 18.0. The Balaban J connectivity index is 0.00000245. The van der Waals surface area contributed by atoms with Gasteiger partial charge >= 0.3 is 0 Å². The number of likely N-dealkylation sites (tertiary alicyclic amines) is 1. The highest BCUT2D eigenvalue weighted by Crippen LogP contribution is 2.32. The highest BCUT2D eigenvalue weighted by atomic mass is 16.5. The smallest absolute Gasteiger partial charge is 0.255 e. The van der Waals surface area contributed by atoms with E-state index < -0.39 is 6.04 Å². The maximum atomic E-state index is 12.8. The lowest BCUT2D eigenvalue weighted by atomic mass is 9.84. The van der Waals surface area contributed by atoms with Crippen LogP contribution in [0.4, 0.5) is 0 Å². The molecule has 1 saturated carbocycles. The van der Waals surface area contributed by atoms with Crippen LogP contribution in [0.2, 0.25) is 0 Å². The fourth-order valence-electron chi connectivity index (χ4n) is 5.33. The summed E-state index contributed by atoms with van der Waals surface area (Å²) in [5.74, 6) is 0.860. The number of nitrogens with one attached hydrogen (secondary N) is 1. The average molecular weight is 428 g/mol. The van der Waals surface area contributed by atoms with Crippen LogP contribution in [0.3, 0.4) is 0 Å².